The summed E-state index contributed by atoms with van der Waals surface area (Å²) in [5.74, 6) is -0.974. The molecule has 0 saturated carbocycles. The molecule has 0 aliphatic carbocycles. The highest BCUT2D eigenvalue weighted by Crippen LogP contribution is 2.21. The Balaban J connectivity index is 1.77. The fourth-order valence-corrected chi connectivity index (χ4v) is 2.30. The van der Waals surface area contributed by atoms with E-state index in [2.05, 4.69) is 10.6 Å². The second-order valence-electron chi connectivity index (χ2n) is 4.98. The minimum atomic E-state index is -0.378. The van der Waals surface area contributed by atoms with Crippen LogP contribution in [0.1, 0.15) is 31.8 Å². The fraction of sp³-hybridized carbons (Fsp3) is 0.125. The second-order valence-corrected chi connectivity index (χ2v) is 4.98. The number of aryl methyl sites for hydroxylation is 1. The molecule has 0 unspecified atom stereocenters. The lowest BCUT2D eigenvalue weighted by atomic mass is 10.1. The monoisotopic (exact) mass is 284 g/mol. The Labute approximate surface area is 121 Å². The number of carbonyl (C=O) groups excluding carboxylic acids is 2. The van der Waals surface area contributed by atoms with Crippen molar-refractivity contribution in [3.05, 3.63) is 64.5 Å². The van der Waals surface area contributed by atoms with Gasteiger partial charge in [0.1, 0.15) is 5.82 Å². The van der Waals surface area contributed by atoms with E-state index in [1.54, 1.807) is 37.3 Å². The molecule has 0 aromatic heterocycles. The van der Waals surface area contributed by atoms with Gasteiger partial charge in [0.05, 0.1) is 11.1 Å². The van der Waals surface area contributed by atoms with Crippen molar-refractivity contribution in [3.63, 3.8) is 0 Å². The molecular weight excluding hydrogens is 271 g/mol. The molecule has 3 rings (SSSR count). The third-order valence-electron chi connectivity index (χ3n) is 3.45. The number of fused-ring (bicyclic) bond motifs is 1. The molecule has 2 aromatic carbocycles. The van der Waals surface area contributed by atoms with E-state index in [0.717, 1.165) is 11.3 Å². The van der Waals surface area contributed by atoms with Gasteiger partial charge in [0.2, 0.25) is 0 Å². The molecule has 21 heavy (non-hydrogen) atoms. The van der Waals surface area contributed by atoms with E-state index in [9.17, 15) is 14.0 Å². The van der Waals surface area contributed by atoms with E-state index in [4.69, 9.17) is 0 Å². The summed E-state index contributed by atoms with van der Waals surface area (Å²) in [4.78, 5) is 23.0. The van der Waals surface area contributed by atoms with Crippen LogP contribution in [0.4, 0.5) is 10.1 Å². The number of hydrogen-bond acceptors (Lipinski definition) is 3. The number of hydrogen-bond donors (Lipinski definition) is 2. The van der Waals surface area contributed by atoms with Crippen molar-refractivity contribution in [2.45, 2.75) is 13.5 Å². The first-order chi connectivity index (χ1) is 10.0. The molecule has 1 aliphatic rings. The van der Waals surface area contributed by atoms with Crippen molar-refractivity contribution >= 4 is 17.5 Å². The lowest BCUT2D eigenvalue weighted by Gasteiger charge is -2.08. The number of imide groups is 1. The summed E-state index contributed by atoms with van der Waals surface area (Å²) in [7, 11) is 0. The Hall–Kier alpha value is -2.69. The number of anilines is 1. The summed E-state index contributed by atoms with van der Waals surface area (Å²) >= 11 is 0. The van der Waals surface area contributed by atoms with Crippen LogP contribution < -0.4 is 10.6 Å². The molecule has 106 valence electrons. The molecule has 4 nitrogen and oxygen atoms in total. The van der Waals surface area contributed by atoms with Crippen LogP contribution in [0.3, 0.4) is 0 Å². The zero-order chi connectivity index (χ0) is 15.0. The van der Waals surface area contributed by atoms with Crippen LogP contribution in [-0.4, -0.2) is 11.8 Å². The molecule has 5 heteroatoms. The van der Waals surface area contributed by atoms with Gasteiger partial charge >= 0.3 is 0 Å². The van der Waals surface area contributed by atoms with Gasteiger partial charge in [0, 0.05) is 12.2 Å². The lowest BCUT2D eigenvalue weighted by molar-refractivity contribution is 0.0879. The highest BCUT2D eigenvalue weighted by Gasteiger charge is 2.26. The highest BCUT2D eigenvalue weighted by molar-refractivity contribution is 6.21. The Morgan fingerprint density at radius 2 is 1.81 bits per heavy atom. The highest BCUT2D eigenvalue weighted by atomic mass is 19.1. The van der Waals surface area contributed by atoms with Crippen LogP contribution in [0, 0.1) is 12.7 Å². The van der Waals surface area contributed by atoms with Gasteiger partial charge in [-0.3, -0.25) is 14.9 Å². The van der Waals surface area contributed by atoms with Crippen LogP contribution in [0.25, 0.3) is 0 Å². The van der Waals surface area contributed by atoms with Crippen LogP contribution in [0.2, 0.25) is 0 Å². The smallest absolute Gasteiger partial charge is 0.259 e. The van der Waals surface area contributed by atoms with Crippen LogP contribution in [0.5, 0.6) is 0 Å². The summed E-state index contributed by atoms with van der Waals surface area (Å²) < 4.78 is 13.2. The van der Waals surface area contributed by atoms with Crippen LogP contribution in [0.15, 0.2) is 36.4 Å². The Bertz CT molecular complexity index is 756. The molecule has 2 aromatic rings. The maximum Gasteiger partial charge on any atom is 0.259 e. The molecule has 0 bridgehead atoms. The van der Waals surface area contributed by atoms with Crippen molar-refractivity contribution in [1.29, 1.82) is 0 Å². The number of amides is 2. The molecule has 0 saturated heterocycles. The lowest BCUT2D eigenvalue weighted by Crippen LogP contribution is -2.19. The third kappa shape index (κ3) is 2.50. The van der Waals surface area contributed by atoms with E-state index >= 15 is 0 Å². The van der Waals surface area contributed by atoms with Gasteiger partial charge in [-0.05, 0) is 42.3 Å². The topological polar surface area (TPSA) is 58.2 Å². The van der Waals surface area contributed by atoms with Gasteiger partial charge in [0.15, 0.2) is 0 Å². The minimum absolute atomic E-state index is 0.230. The summed E-state index contributed by atoms with van der Waals surface area (Å²) in [6.45, 7) is 2.22. The van der Waals surface area contributed by atoms with Gasteiger partial charge in [0.25, 0.3) is 11.8 Å². The zero-order valence-electron chi connectivity index (χ0n) is 11.4. The van der Waals surface area contributed by atoms with Crippen LogP contribution in [-0.2, 0) is 6.54 Å². The Morgan fingerprint density at radius 1 is 1.05 bits per heavy atom. The molecule has 1 heterocycles. The first-order valence-corrected chi connectivity index (χ1v) is 6.53. The molecule has 2 amide bonds. The van der Waals surface area contributed by atoms with Gasteiger partial charge in [-0.1, -0.05) is 12.1 Å². The van der Waals surface area contributed by atoms with Gasteiger partial charge in [-0.25, -0.2) is 4.39 Å². The van der Waals surface area contributed by atoms with Crippen LogP contribution >= 0.6 is 0 Å². The summed E-state index contributed by atoms with van der Waals surface area (Å²) in [6.07, 6.45) is 0. The predicted molar refractivity (Wildman–Crippen MR) is 76.7 cm³/mol. The maximum absolute atomic E-state index is 13.2. The predicted octanol–water partition coefficient (Wildman–Crippen LogP) is 2.63. The summed E-state index contributed by atoms with van der Waals surface area (Å²) in [5.41, 5.74) is 3.03. The molecule has 0 fully saturated rings. The number of halogens is 1. The van der Waals surface area contributed by atoms with E-state index in [-0.39, 0.29) is 17.6 Å². The van der Waals surface area contributed by atoms with E-state index in [1.807, 2.05) is 0 Å². The zero-order valence-corrected chi connectivity index (χ0v) is 11.4. The minimum Gasteiger partial charge on any atom is -0.381 e. The number of carbonyl (C=O) groups is 2. The third-order valence-corrected chi connectivity index (χ3v) is 3.45. The first-order valence-electron chi connectivity index (χ1n) is 6.53. The van der Waals surface area contributed by atoms with Crippen molar-refractivity contribution < 1.29 is 14.0 Å². The maximum atomic E-state index is 13.2. The van der Waals surface area contributed by atoms with E-state index in [1.165, 1.54) is 6.07 Å². The van der Waals surface area contributed by atoms with Gasteiger partial charge in [-0.2, -0.15) is 0 Å². The van der Waals surface area contributed by atoms with Gasteiger partial charge < -0.3 is 5.32 Å². The SMILES string of the molecule is Cc1cc(CNc2ccc3c(c2)C(=O)NC3=O)ccc1F. The first kappa shape index (κ1) is 13.3. The van der Waals surface area contributed by atoms with Gasteiger partial charge in [-0.15, -0.1) is 0 Å². The Morgan fingerprint density at radius 3 is 2.57 bits per heavy atom. The fourth-order valence-electron chi connectivity index (χ4n) is 2.30. The number of rotatable bonds is 3. The largest absolute Gasteiger partial charge is 0.381 e. The normalized spacial score (nSPS) is 13.0. The average Bonchev–Trinajstić information content (AvgIpc) is 2.75. The van der Waals surface area contributed by atoms with Crippen molar-refractivity contribution in [1.82, 2.24) is 5.32 Å². The summed E-state index contributed by atoms with van der Waals surface area (Å²) in [5, 5.41) is 5.41. The second kappa shape index (κ2) is 5.01. The average molecular weight is 284 g/mol. The Kier molecular flexibility index (Phi) is 3.17. The van der Waals surface area contributed by atoms with E-state index < -0.39 is 0 Å². The number of nitrogens with one attached hydrogen (secondary N) is 2. The quantitative estimate of drug-likeness (QED) is 0.852. The van der Waals surface area contributed by atoms with Crippen molar-refractivity contribution in [2.24, 2.45) is 0 Å². The van der Waals surface area contributed by atoms with Crippen molar-refractivity contribution in [2.75, 3.05) is 5.32 Å². The molecular formula is C16H13FN2O2. The molecule has 0 radical (unpaired) electrons. The molecule has 2 N–H and O–H groups in total. The molecule has 0 atom stereocenters. The number of benzene rings is 2. The van der Waals surface area contributed by atoms with E-state index in [0.29, 0.717) is 23.2 Å². The molecule has 1 aliphatic heterocycles. The molecule has 0 spiro atoms. The standard InChI is InChI=1S/C16H13FN2O2/c1-9-6-10(2-5-14(9)17)8-18-11-3-4-12-13(7-11)16(21)19-15(12)20/h2-7,18H,8H2,1H3,(H,19,20,21). The summed E-state index contributed by atoms with van der Waals surface area (Å²) in [6, 6.07) is 9.92. The van der Waals surface area contributed by atoms with Crippen molar-refractivity contribution in [3.8, 4) is 0 Å².